The molecule has 0 fully saturated rings. The van der Waals surface area contributed by atoms with Crippen LogP contribution in [0.25, 0.3) is 0 Å². The van der Waals surface area contributed by atoms with Gasteiger partial charge in [-0.1, -0.05) is 12.1 Å². The Morgan fingerprint density at radius 1 is 1.40 bits per heavy atom. The van der Waals surface area contributed by atoms with Crippen LogP contribution in [0.5, 0.6) is 5.75 Å². The highest BCUT2D eigenvalue weighted by Crippen LogP contribution is 2.13. The highest BCUT2D eigenvalue weighted by Gasteiger charge is 2.22. The molecule has 3 heteroatoms. The largest absolute Gasteiger partial charge is 0.508 e. The summed E-state index contributed by atoms with van der Waals surface area (Å²) < 4.78 is 0. The number of aromatic hydroxyl groups is 1. The van der Waals surface area contributed by atoms with E-state index in [0.29, 0.717) is 6.54 Å². The molecule has 1 atom stereocenters. The summed E-state index contributed by atoms with van der Waals surface area (Å²) in [6.07, 6.45) is -0.421. The third kappa shape index (κ3) is 3.53. The molecule has 0 aliphatic carbocycles. The number of aliphatic hydroxyl groups excluding tert-OH is 1. The van der Waals surface area contributed by atoms with E-state index in [2.05, 4.69) is 5.32 Å². The van der Waals surface area contributed by atoms with E-state index in [1.165, 1.54) is 0 Å². The summed E-state index contributed by atoms with van der Waals surface area (Å²) >= 11 is 0. The number of phenols is 1. The molecule has 0 aromatic heterocycles. The van der Waals surface area contributed by atoms with Crippen LogP contribution in [0.15, 0.2) is 24.3 Å². The molecule has 0 amide bonds. The summed E-state index contributed by atoms with van der Waals surface area (Å²) in [5.41, 5.74) is 0.676. The van der Waals surface area contributed by atoms with Crippen molar-refractivity contribution in [3.05, 3.63) is 29.8 Å². The van der Waals surface area contributed by atoms with Crippen LogP contribution in [0.4, 0.5) is 0 Å². The fourth-order valence-corrected chi connectivity index (χ4v) is 1.14. The fraction of sp³-hybridized carbons (Fsp3) is 0.500. The lowest BCUT2D eigenvalue weighted by Gasteiger charge is -2.29. The Bertz CT molecular complexity index is 321. The lowest BCUT2D eigenvalue weighted by Crippen LogP contribution is -2.47. The van der Waals surface area contributed by atoms with Crippen LogP contribution >= 0.6 is 0 Å². The van der Waals surface area contributed by atoms with Crippen molar-refractivity contribution >= 4 is 0 Å². The molecule has 0 spiro atoms. The monoisotopic (exact) mass is 209 g/mol. The number of rotatable bonds is 4. The first-order valence-corrected chi connectivity index (χ1v) is 5.13. The molecule has 3 N–H and O–H groups in total. The van der Waals surface area contributed by atoms with Gasteiger partial charge in [-0.3, -0.25) is 0 Å². The highest BCUT2D eigenvalue weighted by atomic mass is 16.3. The maximum atomic E-state index is 9.50. The number of benzene rings is 1. The van der Waals surface area contributed by atoms with E-state index >= 15 is 0 Å². The smallest absolute Gasteiger partial charge is 0.115 e. The van der Waals surface area contributed by atoms with Crippen LogP contribution in [0.2, 0.25) is 0 Å². The van der Waals surface area contributed by atoms with Gasteiger partial charge in [0.1, 0.15) is 5.75 Å². The molecule has 3 nitrogen and oxygen atoms in total. The Hall–Kier alpha value is -1.06. The quantitative estimate of drug-likeness (QED) is 0.706. The van der Waals surface area contributed by atoms with E-state index in [0.717, 1.165) is 5.56 Å². The number of hydrogen-bond donors (Lipinski definition) is 3. The van der Waals surface area contributed by atoms with Crippen molar-refractivity contribution in [1.82, 2.24) is 5.32 Å². The predicted molar refractivity (Wildman–Crippen MR) is 60.7 cm³/mol. The molecule has 0 bridgehead atoms. The minimum Gasteiger partial charge on any atom is -0.508 e. The van der Waals surface area contributed by atoms with Gasteiger partial charge in [0.15, 0.2) is 0 Å². The Morgan fingerprint density at radius 2 is 2.07 bits per heavy atom. The van der Waals surface area contributed by atoms with Gasteiger partial charge in [0.05, 0.1) is 6.10 Å². The van der Waals surface area contributed by atoms with E-state index in [1.54, 1.807) is 19.1 Å². The topological polar surface area (TPSA) is 52.5 Å². The Morgan fingerprint density at radius 3 is 2.60 bits per heavy atom. The van der Waals surface area contributed by atoms with Gasteiger partial charge in [0.25, 0.3) is 0 Å². The van der Waals surface area contributed by atoms with Gasteiger partial charge in [0, 0.05) is 12.1 Å². The van der Waals surface area contributed by atoms with Crippen molar-refractivity contribution in [3.63, 3.8) is 0 Å². The second kappa shape index (κ2) is 4.64. The van der Waals surface area contributed by atoms with Crippen LogP contribution in [-0.4, -0.2) is 21.9 Å². The Kier molecular flexibility index (Phi) is 3.72. The van der Waals surface area contributed by atoms with Gasteiger partial charge in [-0.2, -0.15) is 0 Å². The molecule has 0 aliphatic heterocycles. The first-order chi connectivity index (χ1) is 6.92. The molecule has 0 saturated heterocycles. The summed E-state index contributed by atoms with van der Waals surface area (Å²) in [6, 6.07) is 7.10. The standard InChI is InChI=1S/C12H19NO2/c1-9(14)12(2,3)13-8-10-5-4-6-11(15)7-10/h4-7,9,13-15H,8H2,1-3H3. The molecule has 1 unspecified atom stereocenters. The number of aliphatic hydroxyl groups is 1. The van der Waals surface area contributed by atoms with Crippen molar-refractivity contribution in [2.24, 2.45) is 0 Å². The molecular formula is C12H19NO2. The summed E-state index contributed by atoms with van der Waals surface area (Å²) in [6.45, 7) is 6.28. The van der Waals surface area contributed by atoms with Crippen LogP contribution in [0, 0.1) is 0 Å². The molecule has 15 heavy (non-hydrogen) atoms. The minimum absolute atomic E-state index is 0.268. The lowest BCUT2D eigenvalue weighted by molar-refractivity contribution is 0.0956. The maximum Gasteiger partial charge on any atom is 0.115 e. The first-order valence-electron chi connectivity index (χ1n) is 5.13. The molecule has 1 aromatic rings. The van der Waals surface area contributed by atoms with E-state index in [-0.39, 0.29) is 11.3 Å². The third-order valence-electron chi connectivity index (χ3n) is 2.70. The van der Waals surface area contributed by atoms with Gasteiger partial charge in [-0.15, -0.1) is 0 Å². The summed E-state index contributed by atoms with van der Waals surface area (Å²) in [4.78, 5) is 0. The van der Waals surface area contributed by atoms with Crippen molar-refractivity contribution in [2.45, 2.75) is 39.0 Å². The van der Waals surface area contributed by atoms with Gasteiger partial charge in [-0.05, 0) is 38.5 Å². The van der Waals surface area contributed by atoms with Crippen LogP contribution < -0.4 is 5.32 Å². The highest BCUT2D eigenvalue weighted by molar-refractivity contribution is 5.27. The number of hydrogen-bond acceptors (Lipinski definition) is 3. The summed E-state index contributed by atoms with van der Waals surface area (Å²) in [5, 5.41) is 22.0. The average molecular weight is 209 g/mol. The molecular weight excluding hydrogens is 190 g/mol. The van der Waals surface area contributed by atoms with E-state index in [1.807, 2.05) is 26.0 Å². The third-order valence-corrected chi connectivity index (χ3v) is 2.70. The zero-order valence-corrected chi connectivity index (χ0v) is 9.49. The van der Waals surface area contributed by atoms with E-state index in [9.17, 15) is 10.2 Å². The van der Waals surface area contributed by atoms with Crippen LogP contribution in [0.1, 0.15) is 26.3 Å². The SMILES string of the molecule is CC(O)C(C)(C)NCc1cccc(O)c1. The second-order valence-electron chi connectivity index (χ2n) is 4.42. The van der Waals surface area contributed by atoms with E-state index in [4.69, 9.17) is 0 Å². The normalized spacial score (nSPS) is 13.9. The molecule has 1 aromatic carbocycles. The number of phenolic OH excluding ortho intramolecular Hbond substituents is 1. The average Bonchev–Trinajstić information content (AvgIpc) is 2.15. The molecule has 0 saturated carbocycles. The molecule has 84 valence electrons. The van der Waals surface area contributed by atoms with E-state index < -0.39 is 6.10 Å². The summed E-state index contributed by atoms with van der Waals surface area (Å²) in [7, 11) is 0. The molecule has 0 heterocycles. The van der Waals surface area contributed by atoms with Gasteiger partial charge >= 0.3 is 0 Å². The second-order valence-corrected chi connectivity index (χ2v) is 4.42. The van der Waals surface area contributed by atoms with Crippen molar-refractivity contribution in [1.29, 1.82) is 0 Å². The first kappa shape index (κ1) is 12.0. The van der Waals surface area contributed by atoms with Gasteiger partial charge in [0.2, 0.25) is 0 Å². The zero-order valence-electron chi connectivity index (χ0n) is 9.49. The Balaban J connectivity index is 2.57. The van der Waals surface area contributed by atoms with Crippen molar-refractivity contribution < 1.29 is 10.2 Å². The van der Waals surface area contributed by atoms with Crippen molar-refractivity contribution in [3.8, 4) is 5.75 Å². The lowest BCUT2D eigenvalue weighted by atomic mass is 9.98. The fourth-order valence-electron chi connectivity index (χ4n) is 1.14. The minimum atomic E-state index is -0.421. The van der Waals surface area contributed by atoms with Crippen LogP contribution in [0.3, 0.4) is 0 Å². The molecule has 1 rings (SSSR count). The molecule has 0 radical (unpaired) electrons. The maximum absolute atomic E-state index is 9.50. The van der Waals surface area contributed by atoms with Gasteiger partial charge in [-0.25, -0.2) is 0 Å². The Labute approximate surface area is 90.8 Å². The summed E-state index contributed by atoms with van der Waals surface area (Å²) in [5.74, 6) is 0.268. The zero-order chi connectivity index (χ0) is 11.5. The van der Waals surface area contributed by atoms with Crippen LogP contribution in [-0.2, 0) is 6.54 Å². The predicted octanol–water partition coefficient (Wildman–Crippen LogP) is 1.64. The van der Waals surface area contributed by atoms with Gasteiger partial charge < -0.3 is 15.5 Å². The number of nitrogens with one attached hydrogen (secondary N) is 1. The van der Waals surface area contributed by atoms with Crippen molar-refractivity contribution in [2.75, 3.05) is 0 Å². The molecule has 0 aliphatic rings.